The normalized spacial score (nSPS) is 32.4. The maximum absolute atomic E-state index is 10.4. The first-order valence-corrected chi connectivity index (χ1v) is 3.55. The van der Waals surface area contributed by atoms with E-state index in [1.807, 2.05) is 24.0 Å². The Morgan fingerprint density at radius 1 is 1.09 bits per heavy atom. The van der Waals surface area contributed by atoms with E-state index in [1.165, 1.54) is 0 Å². The summed E-state index contributed by atoms with van der Waals surface area (Å²) < 4.78 is 0. The molecule has 2 heteroatoms. The van der Waals surface area contributed by atoms with Crippen molar-refractivity contribution in [3.05, 3.63) is 23.3 Å². The molecule has 2 unspecified atom stereocenters. The first kappa shape index (κ1) is 6.36. The molecule has 2 bridgehead atoms. The third-order valence-corrected chi connectivity index (χ3v) is 2.34. The highest BCUT2D eigenvalue weighted by atomic mass is 16.1. The fourth-order valence-electron chi connectivity index (χ4n) is 1.79. The predicted molar refractivity (Wildman–Crippen MR) is 39.2 cm³/mol. The molecule has 0 radical (unpaired) electrons. The summed E-state index contributed by atoms with van der Waals surface area (Å²) in [5.74, 6) is 3.92. The zero-order chi connectivity index (χ0) is 7.84. The van der Waals surface area contributed by atoms with Gasteiger partial charge >= 0.3 is 0 Å². The number of fused-ring (bicyclic) bond motifs is 2. The van der Waals surface area contributed by atoms with Gasteiger partial charge in [0.1, 0.15) is 11.9 Å². The summed E-state index contributed by atoms with van der Waals surface area (Å²) in [6.07, 6.45) is 4.80. The van der Waals surface area contributed by atoms with Crippen LogP contribution in [0.5, 0.6) is 0 Å². The highest BCUT2D eigenvalue weighted by molar-refractivity contribution is 5.77. The van der Waals surface area contributed by atoms with E-state index in [2.05, 4.69) is 0 Å². The van der Waals surface area contributed by atoms with Crippen LogP contribution in [0.4, 0.5) is 0 Å². The molecule has 0 aromatic heterocycles. The average Bonchev–Trinajstić information content (AvgIpc) is 2.60. The molecule has 2 nitrogen and oxygen atoms in total. The largest absolute Gasteiger partial charge is 0.233 e. The van der Waals surface area contributed by atoms with Gasteiger partial charge in [-0.05, 0) is 6.42 Å². The van der Waals surface area contributed by atoms with Crippen molar-refractivity contribution in [2.24, 2.45) is 11.8 Å². The predicted octanol–water partition coefficient (Wildman–Crippen LogP) is 0.708. The van der Waals surface area contributed by atoms with E-state index in [0.717, 1.165) is 6.42 Å². The highest BCUT2D eigenvalue weighted by Gasteiger charge is 2.37. The van der Waals surface area contributed by atoms with Gasteiger partial charge in [0.15, 0.2) is 0 Å². The topological polar surface area (TPSA) is 34.1 Å². The van der Waals surface area contributed by atoms with Crippen molar-refractivity contribution in [3.63, 3.8) is 0 Å². The average molecular weight is 146 g/mol. The molecule has 0 amide bonds. The minimum atomic E-state index is 0.147. The van der Waals surface area contributed by atoms with E-state index in [4.69, 9.17) is 0 Å². The van der Waals surface area contributed by atoms with Gasteiger partial charge in [-0.25, -0.2) is 9.59 Å². The van der Waals surface area contributed by atoms with Gasteiger partial charge in [0.25, 0.3) is 0 Å². The van der Waals surface area contributed by atoms with Gasteiger partial charge in [-0.3, -0.25) is 0 Å². The fraction of sp³-hybridized carbons (Fsp3) is 0.333. The summed E-state index contributed by atoms with van der Waals surface area (Å²) in [6, 6.07) is 0. The van der Waals surface area contributed by atoms with E-state index in [9.17, 15) is 9.59 Å². The van der Waals surface area contributed by atoms with Crippen molar-refractivity contribution in [1.29, 1.82) is 0 Å². The second-order valence-electron chi connectivity index (χ2n) is 2.87. The molecule has 0 heterocycles. The van der Waals surface area contributed by atoms with Crippen LogP contribution in [0, 0.1) is 11.8 Å². The molecule has 0 aromatic carbocycles. The van der Waals surface area contributed by atoms with Gasteiger partial charge in [0, 0.05) is 11.8 Å². The van der Waals surface area contributed by atoms with Gasteiger partial charge in [-0.2, -0.15) is 0 Å². The molecule has 0 saturated heterocycles. The molecule has 11 heavy (non-hydrogen) atoms. The third-order valence-electron chi connectivity index (χ3n) is 2.34. The van der Waals surface area contributed by atoms with E-state index in [0.29, 0.717) is 11.1 Å². The molecule has 0 aromatic rings. The van der Waals surface area contributed by atoms with Crippen LogP contribution >= 0.6 is 0 Å². The summed E-state index contributed by atoms with van der Waals surface area (Å²) in [5.41, 5.74) is 1.04. The zero-order valence-corrected chi connectivity index (χ0v) is 5.83. The van der Waals surface area contributed by atoms with Crippen molar-refractivity contribution in [2.45, 2.75) is 6.42 Å². The lowest BCUT2D eigenvalue weighted by atomic mass is 9.98. The molecule has 1 saturated carbocycles. The molecule has 0 N–H and O–H groups in total. The first-order valence-electron chi connectivity index (χ1n) is 3.55. The van der Waals surface area contributed by atoms with E-state index >= 15 is 0 Å². The van der Waals surface area contributed by atoms with Gasteiger partial charge < -0.3 is 0 Å². The van der Waals surface area contributed by atoms with Crippen molar-refractivity contribution in [3.8, 4) is 0 Å². The van der Waals surface area contributed by atoms with Crippen LogP contribution in [0.25, 0.3) is 0 Å². The van der Waals surface area contributed by atoms with E-state index in [1.54, 1.807) is 0 Å². The lowest BCUT2D eigenvalue weighted by molar-refractivity contribution is 0.562. The molecule has 1 fully saturated rings. The summed E-state index contributed by atoms with van der Waals surface area (Å²) in [4.78, 5) is 20.7. The molecule has 0 spiro atoms. The Labute approximate surface area is 63.9 Å². The van der Waals surface area contributed by atoms with Crippen LogP contribution in [0.3, 0.4) is 0 Å². The molecular formula is C9H6O2. The van der Waals surface area contributed by atoms with Crippen LogP contribution in [-0.4, -0.2) is 11.9 Å². The summed E-state index contributed by atoms with van der Waals surface area (Å²) in [7, 11) is 0. The Morgan fingerprint density at radius 3 is 1.91 bits per heavy atom. The summed E-state index contributed by atoms with van der Waals surface area (Å²) in [5, 5.41) is 0. The molecule has 2 rings (SSSR count). The molecule has 2 atom stereocenters. The minimum absolute atomic E-state index is 0.147. The van der Waals surface area contributed by atoms with Gasteiger partial charge in [-0.1, -0.05) is 12.2 Å². The highest BCUT2D eigenvalue weighted by Crippen LogP contribution is 2.44. The van der Waals surface area contributed by atoms with Gasteiger partial charge in [0.2, 0.25) is 0 Å². The number of rotatable bonds is 0. The van der Waals surface area contributed by atoms with E-state index < -0.39 is 0 Å². The molecular weight excluding hydrogens is 140 g/mol. The van der Waals surface area contributed by atoms with Crippen molar-refractivity contribution in [2.75, 3.05) is 0 Å². The summed E-state index contributed by atoms with van der Waals surface area (Å²) in [6.45, 7) is 0. The Morgan fingerprint density at radius 2 is 1.55 bits per heavy atom. The first-order chi connectivity index (χ1) is 5.36. The monoisotopic (exact) mass is 146 g/mol. The van der Waals surface area contributed by atoms with E-state index in [-0.39, 0.29) is 11.8 Å². The van der Waals surface area contributed by atoms with Crippen LogP contribution < -0.4 is 0 Å². The number of carbonyl (C=O) groups excluding carboxylic acids is 2. The zero-order valence-electron chi connectivity index (χ0n) is 5.83. The Bertz CT molecular complexity index is 293. The van der Waals surface area contributed by atoms with Crippen LogP contribution in [0.1, 0.15) is 6.42 Å². The smallest absolute Gasteiger partial charge is 0.129 e. The molecule has 2 aliphatic carbocycles. The Balaban J connectivity index is 2.60. The maximum Gasteiger partial charge on any atom is 0.129 e. The number of allylic oxidation sites excluding steroid dienone is 4. The van der Waals surface area contributed by atoms with Crippen molar-refractivity contribution >= 4 is 11.9 Å². The maximum atomic E-state index is 10.4. The SMILES string of the molecule is O=C=C1C(=C=O)C2C=CC1C2. The molecule has 54 valence electrons. The van der Waals surface area contributed by atoms with Crippen molar-refractivity contribution < 1.29 is 9.59 Å². The molecule has 0 aliphatic heterocycles. The quantitative estimate of drug-likeness (QED) is 0.372. The Hall–Kier alpha value is -1.36. The summed E-state index contributed by atoms with van der Waals surface area (Å²) >= 11 is 0. The van der Waals surface area contributed by atoms with Crippen molar-refractivity contribution in [1.82, 2.24) is 0 Å². The van der Waals surface area contributed by atoms with Crippen LogP contribution in [0.2, 0.25) is 0 Å². The van der Waals surface area contributed by atoms with Gasteiger partial charge in [-0.15, -0.1) is 0 Å². The lowest BCUT2D eigenvalue weighted by Gasteiger charge is -2.02. The second-order valence-corrected chi connectivity index (χ2v) is 2.87. The van der Waals surface area contributed by atoms with Crippen LogP contribution in [-0.2, 0) is 9.59 Å². The standard InChI is InChI=1S/C9H6O2/c10-4-8-6-1-2-7(3-6)9(8)5-11/h1-2,6-7H,3H2. The Kier molecular flexibility index (Phi) is 1.19. The third kappa shape index (κ3) is 0.682. The van der Waals surface area contributed by atoms with Gasteiger partial charge in [0.05, 0.1) is 11.1 Å². The number of hydrogen-bond acceptors (Lipinski definition) is 2. The van der Waals surface area contributed by atoms with Crippen LogP contribution in [0.15, 0.2) is 23.3 Å². The molecule has 2 aliphatic rings. The second kappa shape index (κ2) is 2.06. The number of hydrogen-bond donors (Lipinski definition) is 0. The lowest BCUT2D eigenvalue weighted by Crippen LogP contribution is -1.98. The fourth-order valence-corrected chi connectivity index (χ4v) is 1.79. The minimum Gasteiger partial charge on any atom is -0.233 e.